The molecular formula is C14H28N2O. The van der Waals surface area contributed by atoms with Gasteiger partial charge in [-0.3, -0.25) is 4.90 Å². The van der Waals surface area contributed by atoms with E-state index >= 15 is 0 Å². The number of nitrogens with zero attached hydrogens (tertiary/aromatic N) is 1. The fourth-order valence-electron chi connectivity index (χ4n) is 4.02. The van der Waals surface area contributed by atoms with Gasteiger partial charge in [0.1, 0.15) is 0 Å². The van der Waals surface area contributed by atoms with Gasteiger partial charge in [0, 0.05) is 31.3 Å². The van der Waals surface area contributed by atoms with Gasteiger partial charge in [0.05, 0.1) is 0 Å². The fourth-order valence-corrected chi connectivity index (χ4v) is 4.02. The van der Waals surface area contributed by atoms with Crippen molar-refractivity contribution in [1.29, 1.82) is 0 Å². The summed E-state index contributed by atoms with van der Waals surface area (Å²) in [5, 5.41) is 0. The van der Waals surface area contributed by atoms with E-state index in [1.165, 1.54) is 38.5 Å². The average molecular weight is 240 g/mol. The van der Waals surface area contributed by atoms with Gasteiger partial charge in [-0.15, -0.1) is 0 Å². The second-order valence-corrected chi connectivity index (χ2v) is 5.76. The third-order valence-electron chi connectivity index (χ3n) is 5.21. The van der Waals surface area contributed by atoms with Crippen molar-refractivity contribution in [3.8, 4) is 0 Å². The molecule has 1 aliphatic heterocycles. The van der Waals surface area contributed by atoms with Gasteiger partial charge in [-0.1, -0.05) is 19.8 Å². The predicted octanol–water partition coefficient (Wildman–Crippen LogP) is 2.00. The summed E-state index contributed by atoms with van der Waals surface area (Å²) in [5.74, 6) is 0.792. The van der Waals surface area contributed by atoms with Crippen LogP contribution in [0.25, 0.3) is 0 Å². The van der Waals surface area contributed by atoms with E-state index in [1.54, 1.807) is 0 Å². The first-order valence-corrected chi connectivity index (χ1v) is 7.25. The number of hydrogen-bond acceptors (Lipinski definition) is 3. The number of likely N-dealkylation sites (N-methyl/N-ethyl adjacent to an activating group) is 1. The molecule has 2 N–H and O–H groups in total. The lowest BCUT2D eigenvalue weighted by Gasteiger charge is -2.47. The van der Waals surface area contributed by atoms with E-state index in [1.807, 2.05) is 0 Å². The quantitative estimate of drug-likeness (QED) is 0.817. The maximum atomic E-state index is 6.17. The number of nitrogens with two attached hydrogens (primary N) is 1. The smallest absolute Gasteiger partial charge is 0.0480 e. The zero-order chi connectivity index (χ0) is 12.3. The maximum absolute atomic E-state index is 6.17. The first-order valence-electron chi connectivity index (χ1n) is 7.25. The van der Waals surface area contributed by atoms with Gasteiger partial charge < -0.3 is 10.5 Å². The van der Waals surface area contributed by atoms with Crippen LogP contribution in [0.2, 0.25) is 0 Å². The summed E-state index contributed by atoms with van der Waals surface area (Å²) in [6.07, 6.45) is 7.62. The summed E-state index contributed by atoms with van der Waals surface area (Å²) in [6, 6.07) is 0.680. The van der Waals surface area contributed by atoms with Crippen molar-refractivity contribution in [2.75, 3.05) is 26.8 Å². The second-order valence-electron chi connectivity index (χ2n) is 5.76. The molecule has 0 aromatic rings. The zero-order valence-electron chi connectivity index (χ0n) is 11.5. The fraction of sp³-hybridized carbons (Fsp3) is 1.00. The van der Waals surface area contributed by atoms with Gasteiger partial charge in [0.15, 0.2) is 0 Å². The summed E-state index contributed by atoms with van der Waals surface area (Å²) in [4.78, 5) is 2.62. The first-order chi connectivity index (χ1) is 8.24. The molecule has 0 spiro atoms. The minimum Gasteiger partial charge on any atom is -0.381 e. The van der Waals surface area contributed by atoms with Crippen LogP contribution in [0.4, 0.5) is 0 Å². The van der Waals surface area contributed by atoms with Gasteiger partial charge in [0.25, 0.3) is 0 Å². The molecule has 2 rings (SSSR count). The Hall–Kier alpha value is -0.120. The van der Waals surface area contributed by atoms with Gasteiger partial charge >= 0.3 is 0 Å². The molecule has 2 fully saturated rings. The molecule has 1 saturated heterocycles. The van der Waals surface area contributed by atoms with Crippen LogP contribution < -0.4 is 5.73 Å². The van der Waals surface area contributed by atoms with Crippen LogP contribution in [-0.4, -0.2) is 43.3 Å². The first kappa shape index (κ1) is 13.3. The van der Waals surface area contributed by atoms with Crippen molar-refractivity contribution >= 4 is 0 Å². The molecule has 0 amide bonds. The van der Waals surface area contributed by atoms with Crippen LogP contribution >= 0.6 is 0 Å². The molecule has 100 valence electrons. The molecular weight excluding hydrogens is 212 g/mol. The lowest BCUT2D eigenvalue weighted by Crippen LogP contribution is -2.58. The molecule has 1 saturated carbocycles. The summed E-state index contributed by atoms with van der Waals surface area (Å²) >= 11 is 0. The molecule has 0 aromatic carbocycles. The monoisotopic (exact) mass is 240 g/mol. The van der Waals surface area contributed by atoms with Gasteiger partial charge in [-0.05, 0) is 38.6 Å². The predicted molar refractivity (Wildman–Crippen MR) is 71.0 cm³/mol. The highest BCUT2D eigenvalue weighted by Crippen LogP contribution is 2.42. The van der Waals surface area contributed by atoms with Crippen molar-refractivity contribution in [2.45, 2.75) is 57.0 Å². The van der Waals surface area contributed by atoms with E-state index in [4.69, 9.17) is 10.5 Å². The third-order valence-corrected chi connectivity index (χ3v) is 5.21. The minimum atomic E-state index is 0.275. The van der Waals surface area contributed by atoms with Crippen LogP contribution in [0.5, 0.6) is 0 Å². The standard InChI is InChI=1S/C14H28N2O/c1-3-12-5-4-8-14(12,11-15)16(2)13-6-9-17-10-7-13/h12-13H,3-11,15H2,1-2H3. The van der Waals surface area contributed by atoms with E-state index in [2.05, 4.69) is 18.9 Å². The van der Waals surface area contributed by atoms with Crippen LogP contribution in [0.3, 0.4) is 0 Å². The van der Waals surface area contributed by atoms with E-state index in [9.17, 15) is 0 Å². The van der Waals surface area contributed by atoms with Crippen molar-refractivity contribution < 1.29 is 4.74 Å². The highest BCUT2D eigenvalue weighted by Gasteiger charge is 2.45. The Bertz CT molecular complexity index is 240. The largest absolute Gasteiger partial charge is 0.381 e. The Morgan fingerprint density at radius 2 is 2.00 bits per heavy atom. The Morgan fingerprint density at radius 3 is 2.59 bits per heavy atom. The summed E-state index contributed by atoms with van der Waals surface area (Å²) < 4.78 is 5.47. The Balaban J connectivity index is 2.10. The highest BCUT2D eigenvalue weighted by molar-refractivity contribution is 5.02. The number of rotatable bonds is 4. The Morgan fingerprint density at radius 1 is 1.29 bits per heavy atom. The minimum absolute atomic E-state index is 0.275. The number of hydrogen-bond donors (Lipinski definition) is 1. The lowest BCUT2D eigenvalue weighted by atomic mass is 9.82. The maximum Gasteiger partial charge on any atom is 0.0480 e. The van der Waals surface area contributed by atoms with Crippen LogP contribution in [0.1, 0.15) is 45.4 Å². The number of ether oxygens (including phenoxy) is 1. The third kappa shape index (κ3) is 2.38. The molecule has 0 radical (unpaired) electrons. The van der Waals surface area contributed by atoms with E-state index in [0.29, 0.717) is 6.04 Å². The molecule has 1 heterocycles. The normalized spacial score (nSPS) is 35.6. The Kier molecular flexibility index (Phi) is 4.45. The summed E-state index contributed by atoms with van der Waals surface area (Å²) in [6.45, 7) is 4.98. The van der Waals surface area contributed by atoms with Crippen molar-refractivity contribution in [1.82, 2.24) is 4.90 Å². The van der Waals surface area contributed by atoms with Gasteiger partial charge in [0.2, 0.25) is 0 Å². The SMILES string of the molecule is CCC1CCCC1(CN)N(C)C1CCOCC1. The molecule has 3 heteroatoms. The molecule has 2 unspecified atom stereocenters. The molecule has 1 aliphatic carbocycles. The molecule has 0 bridgehead atoms. The van der Waals surface area contributed by atoms with Crippen LogP contribution in [0, 0.1) is 5.92 Å². The van der Waals surface area contributed by atoms with Crippen LogP contribution in [0.15, 0.2) is 0 Å². The molecule has 3 nitrogen and oxygen atoms in total. The van der Waals surface area contributed by atoms with Crippen molar-refractivity contribution in [3.05, 3.63) is 0 Å². The summed E-state index contributed by atoms with van der Waals surface area (Å²) in [5.41, 5.74) is 6.44. The zero-order valence-corrected chi connectivity index (χ0v) is 11.5. The Labute approximate surface area is 106 Å². The summed E-state index contributed by atoms with van der Waals surface area (Å²) in [7, 11) is 2.30. The lowest BCUT2D eigenvalue weighted by molar-refractivity contribution is -0.0173. The van der Waals surface area contributed by atoms with Crippen LogP contribution in [-0.2, 0) is 4.74 Å². The van der Waals surface area contributed by atoms with E-state index in [-0.39, 0.29) is 5.54 Å². The average Bonchev–Trinajstić information content (AvgIpc) is 2.83. The highest BCUT2D eigenvalue weighted by atomic mass is 16.5. The van der Waals surface area contributed by atoms with Crippen molar-refractivity contribution in [2.24, 2.45) is 11.7 Å². The molecule has 2 atom stereocenters. The molecule has 2 aliphatic rings. The second kappa shape index (κ2) is 5.68. The van der Waals surface area contributed by atoms with Gasteiger partial charge in [-0.2, -0.15) is 0 Å². The van der Waals surface area contributed by atoms with E-state index < -0.39 is 0 Å². The topological polar surface area (TPSA) is 38.5 Å². The van der Waals surface area contributed by atoms with E-state index in [0.717, 1.165) is 25.7 Å². The molecule has 17 heavy (non-hydrogen) atoms. The molecule has 0 aromatic heterocycles. The van der Waals surface area contributed by atoms with Gasteiger partial charge in [-0.25, -0.2) is 0 Å². The van der Waals surface area contributed by atoms with Crippen molar-refractivity contribution in [3.63, 3.8) is 0 Å².